The Morgan fingerprint density at radius 3 is 2.83 bits per heavy atom. The van der Waals surface area contributed by atoms with E-state index in [-0.39, 0.29) is 6.79 Å². The topological polar surface area (TPSA) is 80.5 Å². The third-order valence-corrected chi connectivity index (χ3v) is 3.46. The van der Waals surface area contributed by atoms with Crippen LogP contribution in [-0.4, -0.2) is 37.3 Å². The van der Waals surface area contributed by atoms with Crippen LogP contribution >= 0.6 is 0 Å². The zero-order valence-electron chi connectivity index (χ0n) is 12.7. The zero-order valence-corrected chi connectivity index (χ0v) is 12.7. The first-order valence-corrected chi connectivity index (χ1v) is 7.16. The molecule has 2 heterocycles. The predicted molar refractivity (Wildman–Crippen MR) is 82.2 cm³/mol. The predicted octanol–water partition coefficient (Wildman–Crippen LogP) is 1.73. The van der Waals surface area contributed by atoms with Crippen LogP contribution in [0.5, 0.6) is 11.5 Å². The minimum absolute atomic E-state index is 0.257. The van der Waals surface area contributed by atoms with Gasteiger partial charge in [0.05, 0.1) is 6.61 Å². The summed E-state index contributed by atoms with van der Waals surface area (Å²) >= 11 is 0. The second kappa shape index (κ2) is 6.94. The summed E-state index contributed by atoms with van der Waals surface area (Å²) in [5, 5.41) is 16.8. The van der Waals surface area contributed by atoms with Gasteiger partial charge in [-0.1, -0.05) is 6.07 Å². The van der Waals surface area contributed by atoms with Crippen molar-refractivity contribution in [3.8, 4) is 17.6 Å². The maximum absolute atomic E-state index is 8.82. The van der Waals surface area contributed by atoms with Crippen LogP contribution in [0.25, 0.3) is 0 Å². The van der Waals surface area contributed by atoms with E-state index in [0.717, 1.165) is 17.1 Å². The lowest BCUT2D eigenvalue weighted by molar-refractivity contribution is 0.174. The summed E-state index contributed by atoms with van der Waals surface area (Å²) in [7, 11) is 1.66. The van der Waals surface area contributed by atoms with Crippen molar-refractivity contribution in [2.24, 2.45) is 0 Å². The highest BCUT2D eigenvalue weighted by molar-refractivity contribution is 5.46. The summed E-state index contributed by atoms with van der Waals surface area (Å²) in [5.41, 5.74) is 1.36. The normalized spacial score (nSPS) is 12.0. The summed E-state index contributed by atoms with van der Waals surface area (Å²) in [6.07, 6.45) is 0. The molecule has 0 saturated carbocycles. The molecule has 0 radical (unpaired) electrons. The molecule has 0 unspecified atom stereocenters. The number of ether oxygens (including phenoxy) is 3. The van der Waals surface area contributed by atoms with E-state index in [1.807, 2.05) is 29.2 Å². The van der Waals surface area contributed by atoms with Gasteiger partial charge < -0.3 is 19.1 Å². The molecule has 0 N–H and O–H groups in total. The first-order valence-electron chi connectivity index (χ1n) is 7.16. The summed E-state index contributed by atoms with van der Waals surface area (Å²) in [4.78, 5) is 2.04. The summed E-state index contributed by atoms with van der Waals surface area (Å²) in [5.74, 6) is 2.20. The molecule has 7 nitrogen and oxygen atoms in total. The Hall–Kier alpha value is -2.85. The number of rotatable bonds is 6. The molecule has 3 rings (SSSR count). The number of benzene rings is 1. The quantitative estimate of drug-likeness (QED) is 0.803. The van der Waals surface area contributed by atoms with Gasteiger partial charge in [0.25, 0.3) is 0 Å². The highest BCUT2D eigenvalue weighted by Gasteiger charge is 2.15. The Balaban J connectivity index is 1.79. The Morgan fingerprint density at radius 1 is 1.22 bits per heavy atom. The van der Waals surface area contributed by atoms with Gasteiger partial charge in [0, 0.05) is 20.2 Å². The minimum Gasteiger partial charge on any atom is -0.454 e. The van der Waals surface area contributed by atoms with Crippen molar-refractivity contribution >= 4 is 5.82 Å². The summed E-state index contributed by atoms with van der Waals surface area (Å²) < 4.78 is 15.9. The number of nitriles is 1. The lowest BCUT2D eigenvalue weighted by Crippen LogP contribution is -2.27. The van der Waals surface area contributed by atoms with E-state index in [0.29, 0.717) is 31.2 Å². The molecule has 0 saturated heterocycles. The minimum atomic E-state index is 0.257. The van der Waals surface area contributed by atoms with Crippen molar-refractivity contribution in [1.82, 2.24) is 10.2 Å². The van der Waals surface area contributed by atoms with Crippen LogP contribution in [0.4, 0.5) is 5.82 Å². The first-order chi connectivity index (χ1) is 11.3. The number of hydrogen-bond donors (Lipinski definition) is 0. The third kappa shape index (κ3) is 3.49. The van der Waals surface area contributed by atoms with Gasteiger partial charge >= 0.3 is 0 Å². The van der Waals surface area contributed by atoms with Crippen molar-refractivity contribution in [1.29, 1.82) is 5.26 Å². The van der Waals surface area contributed by atoms with E-state index in [1.54, 1.807) is 19.2 Å². The molecule has 0 bridgehead atoms. The SMILES string of the molecule is COCCN(Cc1ccc2c(c1)OCO2)c1ccc(C#N)nn1. The fourth-order valence-electron chi connectivity index (χ4n) is 2.29. The van der Waals surface area contributed by atoms with Crippen LogP contribution in [0.2, 0.25) is 0 Å². The number of methoxy groups -OCH3 is 1. The fourth-order valence-corrected chi connectivity index (χ4v) is 2.29. The molecule has 0 atom stereocenters. The van der Waals surface area contributed by atoms with E-state index < -0.39 is 0 Å². The second-order valence-electron chi connectivity index (χ2n) is 4.99. The molecule has 1 aromatic carbocycles. The van der Waals surface area contributed by atoms with Gasteiger partial charge in [-0.05, 0) is 29.8 Å². The number of fused-ring (bicyclic) bond motifs is 1. The standard InChI is InChI=1S/C16H16N4O3/c1-21-7-6-20(16-5-3-13(9-17)18-19-16)10-12-2-4-14-15(8-12)23-11-22-14/h2-5,8H,6-7,10-11H2,1H3. The average Bonchev–Trinajstić information content (AvgIpc) is 3.06. The number of aromatic nitrogens is 2. The lowest BCUT2D eigenvalue weighted by Gasteiger charge is -2.23. The second-order valence-corrected chi connectivity index (χ2v) is 4.99. The molecule has 0 fully saturated rings. The smallest absolute Gasteiger partial charge is 0.231 e. The molecule has 0 spiro atoms. The van der Waals surface area contributed by atoms with Crippen molar-refractivity contribution in [2.45, 2.75) is 6.54 Å². The highest BCUT2D eigenvalue weighted by atomic mass is 16.7. The molecule has 0 amide bonds. The van der Waals surface area contributed by atoms with E-state index in [4.69, 9.17) is 19.5 Å². The molecule has 1 aromatic heterocycles. The average molecular weight is 312 g/mol. The number of hydrogen-bond acceptors (Lipinski definition) is 7. The van der Waals surface area contributed by atoms with Crippen LogP contribution in [0.15, 0.2) is 30.3 Å². The van der Waals surface area contributed by atoms with Crippen molar-refractivity contribution in [3.05, 3.63) is 41.6 Å². The Labute approximate surface area is 134 Å². The molecule has 23 heavy (non-hydrogen) atoms. The van der Waals surface area contributed by atoms with Gasteiger partial charge in [0.2, 0.25) is 6.79 Å². The molecule has 0 aliphatic carbocycles. The highest BCUT2D eigenvalue weighted by Crippen LogP contribution is 2.33. The fraction of sp³-hybridized carbons (Fsp3) is 0.312. The van der Waals surface area contributed by atoms with Crippen molar-refractivity contribution < 1.29 is 14.2 Å². The van der Waals surface area contributed by atoms with Crippen LogP contribution < -0.4 is 14.4 Å². The molecular weight excluding hydrogens is 296 g/mol. The maximum atomic E-state index is 8.82. The Morgan fingerprint density at radius 2 is 2.09 bits per heavy atom. The van der Waals surface area contributed by atoms with Crippen molar-refractivity contribution in [2.75, 3.05) is 32.0 Å². The summed E-state index contributed by atoms with van der Waals surface area (Å²) in [6.45, 7) is 2.10. The van der Waals surface area contributed by atoms with Gasteiger partial charge in [0.1, 0.15) is 6.07 Å². The van der Waals surface area contributed by atoms with Crippen molar-refractivity contribution in [3.63, 3.8) is 0 Å². The summed E-state index contributed by atoms with van der Waals surface area (Å²) in [6, 6.07) is 11.3. The molecule has 7 heteroatoms. The van der Waals surface area contributed by atoms with Gasteiger partial charge in [0.15, 0.2) is 23.0 Å². The molecule has 1 aliphatic rings. The third-order valence-electron chi connectivity index (χ3n) is 3.46. The van der Waals surface area contributed by atoms with E-state index in [2.05, 4.69) is 10.2 Å². The Kier molecular flexibility index (Phi) is 4.54. The van der Waals surface area contributed by atoms with Gasteiger partial charge in [-0.15, -0.1) is 10.2 Å². The van der Waals surface area contributed by atoms with Crippen LogP contribution in [0.1, 0.15) is 11.3 Å². The van der Waals surface area contributed by atoms with Crippen LogP contribution in [0, 0.1) is 11.3 Å². The number of anilines is 1. The largest absolute Gasteiger partial charge is 0.454 e. The van der Waals surface area contributed by atoms with Gasteiger partial charge in [-0.3, -0.25) is 0 Å². The number of nitrogens with zero attached hydrogens (tertiary/aromatic N) is 4. The van der Waals surface area contributed by atoms with E-state index >= 15 is 0 Å². The van der Waals surface area contributed by atoms with Gasteiger partial charge in [-0.2, -0.15) is 5.26 Å². The van der Waals surface area contributed by atoms with Crippen LogP contribution in [0.3, 0.4) is 0 Å². The van der Waals surface area contributed by atoms with Crippen LogP contribution in [-0.2, 0) is 11.3 Å². The first kappa shape index (κ1) is 15.1. The Bertz CT molecular complexity index is 712. The zero-order chi connectivity index (χ0) is 16.1. The van der Waals surface area contributed by atoms with E-state index in [1.165, 1.54) is 0 Å². The molecular formula is C16H16N4O3. The monoisotopic (exact) mass is 312 g/mol. The van der Waals surface area contributed by atoms with Gasteiger partial charge in [-0.25, -0.2) is 0 Å². The van der Waals surface area contributed by atoms with E-state index in [9.17, 15) is 0 Å². The molecule has 118 valence electrons. The molecule has 2 aromatic rings. The maximum Gasteiger partial charge on any atom is 0.231 e. The lowest BCUT2D eigenvalue weighted by atomic mass is 10.2. The molecule has 1 aliphatic heterocycles.